The molecule has 2 unspecified atom stereocenters. The zero-order chi connectivity index (χ0) is 21.9. The van der Waals surface area contributed by atoms with Gasteiger partial charge in [-0.2, -0.15) is 0 Å². The van der Waals surface area contributed by atoms with Crippen LogP contribution in [0, 0.1) is 40.4 Å². The lowest BCUT2D eigenvalue weighted by Gasteiger charge is -2.54. The zero-order valence-corrected chi connectivity index (χ0v) is 20.2. The van der Waals surface area contributed by atoms with Crippen LogP contribution in [0.1, 0.15) is 106 Å². The monoisotopic (exact) mass is 416 g/mol. The van der Waals surface area contributed by atoms with Crippen molar-refractivity contribution < 1.29 is 14.6 Å². The molecular weight excluding hydrogens is 372 g/mol. The Balaban J connectivity index is 1.57. The lowest BCUT2D eigenvalue weighted by molar-refractivity contribution is -0.163. The van der Waals surface area contributed by atoms with Crippen molar-refractivity contribution in [3.63, 3.8) is 0 Å². The molecule has 1 aliphatic heterocycles. The molecule has 0 aromatic rings. The first-order valence-electron chi connectivity index (χ1n) is 12.7. The summed E-state index contributed by atoms with van der Waals surface area (Å²) < 4.78 is 6.17. The van der Waals surface area contributed by atoms with E-state index in [0.717, 1.165) is 42.8 Å². The van der Waals surface area contributed by atoms with Gasteiger partial charge < -0.3 is 9.84 Å². The van der Waals surface area contributed by atoms with E-state index in [1.807, 2.05) is 6.92 Å². The van der Waals surface area contributed by atoms with Crippen LogP contribution in [0.3, 0.4) is 0 Å². The maximum Gasteiger partial charge on any atom is 0.315 e. The number of fused-ring (bicyclic) bond motifs is 4. The fourth-order valence-electron chi connectivity index (χ4n) is 7.82. The van der Waals surface area contributed by atoms with E-state index in [0.29, 0.717) is 12.3 Å². The van der Waals surface area contributed by atoms with Crippen molar-refractivity contribution >= 4 is 5.97 Å². The lowest BCUT2D eigenvalue weighted by Crippen LogP contribution is -2.52. The number of hydrogen-bond donors (Lipinski definition) is 1. The molecule has 170 valence electrons. The Morgan fingerprint density at radius 2 is 1.77 bits per heavy atom. The number of carbonyl (C=O) groups excluding carboxylic acids is 1. The summed E-state index contributed by atoms with van der Waals surface area (Å²) in [5.74, 6) is 3.48. The first-order valence-corrected chi connectivity index (χ1v) is 12.7. The summed E-state index contributed by atoms with van der Waals surface area (Å²) in [7, 11) is 0. The number of hydrogen-bond acceptors (Lipinski definition) is 3. The van der Waals surface area contributed by atoms with Gasteiger partial charge in [0.2, 0.25) is 0 Å². The molecule has 0 aromatic heterocycles. The fraction of sp³-hybridized carbons (Fsp3) is 0.889. The Morgan fingerprint density at radius 3 is 2.47 bits per heavy atom. The normalized spacial score (nSPS) is 44.4. The van der Waals surface area contributed by atoms with Crippen LogP contribution in [0.4, 0.5) is 0 Å². The standard InChI is InChI=1S/C27H44O3/c1-17(2)8-7-9-18(3)19-10-11-20-23-21(12-13-26(19,20)5)27(6)15-14-25(4,29)16-22(27)24(28)30-23/h17-20,22,29H,7-16H2,1-6H3/t18?,19-,20+,22?,25+,26-,27-/m1/s1. The third kappa shape index (κ3) is 3.57. The highest BCUT2D eigenvalue weighted by atomic mass is 16.5. The third-order valence-corrected chi connectivity index (χ3v) is 9.85. The number of carbonyl (C=O) groups is 1. The van der Waals surface area contributed by atoms with Crippen LogP contribution in [0.25, 0.3) is 0 Å². The van der Waals surface area contributed by atoms with Crippen LogP contribution in [0.2, 0.25) is 0 Å². The molecule has 3 aliphatic carbocycles. The summed E-state index contributed by atoms with van der Waals surface area (Å²) >= 11 is 0. The van der Waals surface area contributed by atoms with Gasteiger partial charge in [0.05, 0.1) is 11.5 Å². The van der Waals surface area contributed by atoms with E-state index in [2.05, 4.69) is 34.6 Å². The Bertz CT molecular complexity index is 720. The maximum atomic E-state index is 13.1. The highest BCUT2D eigenvalue weighted by molar-refractivity contribution is 5.77. The molecule has 4 aliphatic rings. The first kappa shape index (κ1) is 22.4. The van der Waals surface area contributed by atoms with Gasteiger partial charge in [0.25, 0.3) is 0 Å². The second kappa shape index (κ2) is 7.64. The maximum absolute atomic E-state index is 13.1. The number of aliphatic hydroxyl groups is 1. The molecule has 0 amide bonds. The molecule has 3 heteroatoms. The van der Waals surface area contributed by atoms with Gasteiger partial charge in [0, 0.05) is 11.3 Å². The van der Waals surface area contributed by atoms with Crippen molar-refractivity contribution in [2.24, 2.45) is 40.4 Å². The third-order valence-electron chi connectivity index (χ3n) is 9.85. The average Bonchev–Trinajstić information content (AvgIpc) is 3.00. The van der Waals surface area contributed by atoms with Gasteiger partial charge >= 0.3 is 5.97 Å². The molecule has 0 radical (unpaired) electrons. The summed E-state index contributed by atoms with van der Waals surface area (Å²) in [5.41, 5.74) is 0.835. The van der Waals surface area contributed by atoms with Crippen LogP contribution >= 0.6 is 0 Å². The molecule has 0 bridgehead atoms. The molecule has 30 heavy (non-hydrogen) atoms. The highest BCUT2D eigenvalue weighted by Gasteiger charge is 2.60. The smallest absolute Gasteiger partial charge is 0.315 e. The van der Waals surface area contributed by atoms with Gasteiger partial charge in [0.1, 0.15) is 5.76 Å². The minimum atomic E-state index is -0.742. The minimum Gasteiger partial charge on any atom is -0.431 e. The molecule has 7 atom stereocenters. The quantitative estimate of drug-likeness (QED) is 0.511. The molecule has 3 nitrogen and oxygen atoms in total. The molecule has 1 N–H and O–H groups in total. The van der Waals surface area contributed by atoms with E-state index >= 15 is 0 Å². The molecular formula is C27H44O3. The largest absolute Gasteiger partial charge is 0.431 e. The first-order chi connectivity index (χ1) is 14.0. The van der Waals surface area contributed by atoms with E-state index in [1.54, 1.807) is 0 Å². The second-order valence-corrected chi connectivity index (χ2v) is 12.5. The van der Waals surface area contributed by atoms with E-state index in [4.69, 9.17) is 4.74 Å². The number of rotatable bonds is 5. The Labute approximate surface area is 184 Å². The Morgan fingerprint density at radius 1 is 1.03 bits per heavy atom. The second-order valence-electron chi connectivity index (χ2n) is 12.5. The van der Waals surface area contributed by atoms with E-state index in [1.165, 1.54) is 44.1 Å². The summed E-state index contributed by atoms with van der Waals surface area (Å²) in [4.78, 5) is 13.1. The van der Waals surface area contributed by atoms with Gasteiger partial charge in [0.15, 0.2) is 0 Å². The van der Waals surface area contributed by atoms with Crippen LogP contribution in [-0.2, 0) is 9.53 Å². The fourth-order valence-corrected chi connectivity index (χ4v) is 7.82. The van der Waals surface area contributed by atoms with Crippen molar-refractivity contribution in [1.29, 1.82) is 0 Å². The summed E-state index contributed by atoms with van der Waals surface area (Å²) in [6.07, 6.45) is 10.9. The Kier molecular flexibility index (Phi) is 5.70. The number of ether oxygens (including phenoxy) is 1. The van der Waals surface area contributed by atoms with Crippen molar-refractivity contribution in [1.82, 2.24) is 0 Å². The number of allylic oxidation sites excluding steroid dienone is 2. The van der Waals surface area contributed by atoms with E-state index in [9.17, 15) is 9.90 Å². The topological polar surface area (TPSA) is 46.5 Å². The summed E-state index contributed by atoms with van der Waals surface area (Å²) in [6, 6.07) is 0. The van der Waals surface area contributed by atoms with Gasteiger partial charge in [-0.15, -0.1) is 0 Å². The highest BCUT2D eigenvalue weighted by Crippen LogP contribution is 2.65. The van der Waals surface area contributed by atoms with Gasteiger partial charge in [-0.25, -0.2) is 0 Å². The van der Waals surface area contributed by atoms with Crippen molar-refractivity contribution in [3.05, 3.63) is 11.3 Å². The molecule has 2 fully saturated rings. The van der Waals surface area contributed by atoms with Crippen LogP contribution in [-0.4, -0.2) is 16.7 Å². The molecule has 0 saturated heterocycles. The number of esters is 1. The zero-order valence-electron chi connectivity index (χ0n) is 20.2. The van der Waals surface area contributed by atoms with Gasteiger partial charge in [-0.05, 0) is 80.6 Å². The molecule has 2 saturated carbocycles. The van der Waals surface area contributed by atoms with E-state index in [-0.39, 0.29) is 22.7 Å². The SMILES string of the molecule is CC(C)CCCC(C)[C@H]1CC[C@H]2C3=C(CC[C@]12C)[C@@]1(C)CC[C@](C)(O)CC1C(=O)O3. The van der Waals surface area contributed by atoms with Crippen LogP contribution in [0.15, 0.2) is 11.3 Å². The summed E-state index contributed by atoms with van der Waals surface area (Å²) in [6.45, 7) is 13.8. The van der Waals surface area contributed by atoms with Crippen molar-refractivity contribution in [2.75, 3.05) is 0 Å². The van der Waals surface area contributed by atoms with Crippen LogP contribution in [0.5, 0.6) is 0 Å². The van der Waals surface area contributed by atoms with Crippen LogP contribution < -0.4 is 0 Å². The molecule has 0 aromatic carbocycles. The molecule has 0 spiro atoms. The van der Waals surface area contributed by atoms with Gasteiger partial charge in [-0.1, -0.05) is 53.9 Å². The van der Waals surface area contributed by atoms with E-state index < -0.39 is 5.60 Å². The molecule has 1 heterocycles. The minimum absolute atomic E-state index is 0.0751. The molecule has 4 rings (SSSR count). The summed E-state index contributed by atoms with van der Waals surface area (Å²) in [5, 5.41) is 10.6. The van der Waals surface area contributed by atoms with Crippen molar-refractivity contribution in [2.45, 2.75) is 111 Å². The Hall–Kier alpha value is -0.830. The predicted octanol–water partition coefficient (Wildman–Crippen LogP) is 6.64. The lowest BCUT2D eigenvalue weighted by atomic mass is 9.53. The predicted molar refractivity (Wildman–Crippen MR) is 121 cm³/mol. The van der Waals surface area contributed by atoms with Crippen molar-refractivity contribution in [3.8, 4) is 0 Å². The van der Waals surface area contributed by atoms with Gasteiger partial charge in [-0.3, -0.25) is 4.79 Å². The average molecular weight is 417 g/mol.